The van der Waals surface area contributed by atoms with Crippen LogP contribution >= 0.6 is 12.6 Å². The molecule has 0 radical (unpaired) electrons. The first kappa shape index (κ1) is 48.8. The third-order valence-corrected chi connectivity index (χ3v) is 10.9. The van der Waals surface area contributed by atoms with Crippen LogP contribution in [0.5, 0.6) is 0 Å². The molecule has 1 rings (SSSR count). The zero-order chi connectivity index (χ0) is 35.9. The van der Waals surface area contributed by atoms with E-state index in [-0.39, 0.29) is 5.60 Å². The van der Waals surface area contributed by atoms with E-state index < -0.39 is 0 Å². The first-order valence-electron chi connectivity index (χ1n) is 22.4. The van der Waals surface area contributed by atoms with Crippen molar-refractivity contribution in [3.05, 3.63) is 24.3 Å². The molecule has 0 aromatic heterocycles. The van der Waals surface area contributed by atoms with Gasteiger partial charge in [-0.15, -0.1) is 0 Å². The van der Waals surface area contributed by atoms with E-state index in [2.05, 4.69) is 62.9 Å². The van der Waals surface area contributed by atoms with Crippen LogP contribution in [0.4, 0.5) is 0 Å². The van der Waals surface area contributed by atoms with E-state index in [1.165, 1.54) is 218 Å². The molecule has 1 heterocycles. The summed E-state index contributed by atoms with van der Waals surface area (Å²) in [6, 6.07) is 0. The molecule has 1 aliphatic rings. The second kappa shape index (κ2) is 39.0. The maximum atomic E-state index is 6.94. The van der Waals surface area contributed by atoms with Crippen molar-refractivity contribution in [1.29, 1.82) is 0 Å². The predicted octanol–water partition coefficient (Wildman–Crippen LogP) is 15.6. The van der Waals surface area contributed by atoms with Crippen LogP contribution in [-0.4, -0.2) is 43.0 Å². The van der Waals surface area contributed by atoms with Gasteiger partial charge in [0.1, 0.15) is 0 Å². The van der Waals surface area contributed by atoms with Gasteiger partial charge in [-0.2, -0.15) is 12.6 Å². The number of unbranched alkanes of at least 4 members (excludes halogenated alkanes) is 23. The Balaban J connectivity index is 0.0000113. The molecule has 0 saturated carbocycles. The van der Waals surface area contributed by atoms with Gasteiger partial charge in [0, 0.05) is 0 Å². The van der Waals surface area contributed by atoms with Crippen LogP contribution < -0.4 is 0 Å². The highest BCUT2D eigenvalue weighted by Gasteiger charge is 2.38. The Morgan fingerprint density at radius 2 is 0.939 bits per heavy atom. The molecule has 1 saturated heterocycles. The molecule has 49 heavy (non-hydrogen) atoms. The average Bonchev–Trinajstić information content (AvgIpc) is 3.51. The summed E-state index contributed by atoms with van der Waals surface area (Å²) in [5, 5.41) is 0. The number of nitrogens with zero attached hydrogens (tertiary/aromatic N) is 1. The van der Waals surface area contributed by atoms with Crippen molar-refractivity contribution in [1.82, 2.24) is 4.90 Å². The van der Waals surface area contributed by atoms with Gasteiger partial charge < -0.3 is 9.64 Å². The van der Waals surface area contributed by atoms with Crippen molar-refractivity contribution in [2.75, 3.05) is 26.4 Å². The largest absolute Gasteiger partial charge is 0.372 e. The highest BCUT2D eigenvalue weighted by atomic mass is 32.1. The minimum Gasteiger partial charge on any atom is -0.372 e. The number of hydrogen-bond acceptors (Lipinski definition) is 3. The second-order valence-electron chi connectivity index (χ2n) is 15.5. The first-order chi connectivity index (χ1) is 24.1. The third-order valence-electron chi connectivity index (χ3n) is 10.6. The van der Waals surface area contributed by atoms with Gasteiger partial charge in [0.25, 0.3) is 0 Å². The van der Waals surface area contributed by atoms with E-state index >= 15 is 0 Å². The molecule has 1 fully saturated rings. The molecule has 0 aromatic carbocycles. The fourth-order valence-electron chi connectivity index (χ4n) is 7.48. The Morgan fingerprint density at radius 3 is 1.35 bits per heavy atom. The second-order valence-corrected chi connectivity index (χ2v) is 16.0. The van der Waals surface area contributed by atoms with Gasteiger partial charge in [0.05, 0.1) is 11.7 Å². The molecule has 3 heteroatoms. The molecule has 0 N–H and O–H groups in total. The van der Waals surface area contributed by atoms with Crippen molar-refractivity contribution in [2.24, 2.45) is 0 Å². The normalized spacial score (nSPS) is 17.9. The summed E-state index contributed by atoms with van der Waals surface area (Å²) >= 11 is 4.30. The van der Waals surface area contributed by atoms with E-state index in [0.717, 1.165) is 5.75 Å². The molecule has 0 amide bonds. The van der Waals surface area contributed by atoms with E-state index in [4.69, 9.17) is 4.74 Å². The lowest BCUT2D eigenvalue weighted by atomic mass is 9.87. The lowest BCUT2D eigenvalue weighted by Crippen LogP contribution is -2.29. The lowest BCUT2D eigenvalue weighted by Gasteiger charge is -2.30. The molecule has 1 aliphatic heterocycles. The van der Waals surface area contributed by atoms with Gasteiger partial charge in [-0.25, -0.2) is 0 Å². The molecule has 0 aliphatic carbocycles. The van der Waals surface area contributed by atoms with Gasteiger partial charge in [-0.1, -0.05) is 161 Å². The highest BCUT2D eigenvalue weighted by molar-refractivity contribution is 7.80. The van der Waals surface area contributed by atoms with Gasteiger partial charge in [0.15, 0.2) is 0 Å². The molecule has 0 spiro atoms. The highest BCUT2D eigenvalue weighted by Crippen LogP contribution is 2.40. The molecule has 0 aromatic rings. The average molecular weight is 706 g/mol. The summed E-state index contributed by atoms with van der Waals surface area (Å²) in [6.45, 7) is 7.49. The van der Waals surface area contributed by atoms with Crippen LogP contribution in [0.1, 0.15) is 233 Å². The number of ether oxygens (including phenoxy) is 1. The van der Waals surface area contributed by atoms with Crippen LogP contribution in [0.15, 0.2) is 24.3 Å². The van der Waals surface area contributed by atoms with Crippen molar-refractivity contribution in [3.8, 4) is 0 Å². The van der Waals surface area contributed by atoms with Crippen LogP contribution in [0.2, 0.25) is 0 Å². The summed E-state index contributed by atoms with van der Waals surface area (Å²) in [4.78, 5) is 2.32. The Morgan fingerprint density at radius 1 is 0.551 bits per heavy atom. The lowest BCUT2D eigenvalue weighted by molar-refractivity contribution is -0.0579. The quantitative estimate of drug-likeness (QED) is 0.0396. The molecule has 0 bridgehead atoms. The molecule has 2 atom stereocenters. The molecular formula is C46H91NOS. The Bertz CT molecular complexity index is 647. The third kappa shape index (κ3) is 33.3. The maximum Gasteiger partial charge on any atom is 0.0687 e. The maximum absolute atomic E-state index is 6.94. The molecule has 292 valence electrons. The van der Waals surface area contributed by atoms with Gasteiger partial charge >= 0.3 is 0 Å². The standard InChI is InChI=1S/C44H85NOS.C2H6/c1-4-5-6-7-8-9-10-11-12-14-17-20-23-26-29-32-38-44(40-37-43(46-44)36-35-41-45(2)3)39-33-30-27-24-21-18-15-13-16-19-22-25-28-31-34-42-47;1-2/h11-13,16,43,47H,4-10,14-15,17-42H2,1-3H3;1-2H3/b12-11-,16-13-;. The predicted molar refractivity (Wildman–Crippen MR) is 228 cm³/mol. The van der Waals surface area contributed by atoms with Crippen LogP contribution in [-0.2, 0) is 4.74 Å². The van der Waals surface area contributed by atoms with Gasteiger partial charge in [0.2, 0.25) is 0 Å². The molecular weight excluding hydrogens is 615 g/mol. The Hall–Kier alpha value is -0.250. The topological polar surface area (TPSA) is 12.5 Å². The SMILES string of the molecule is CC.CCCCCCCC/C=C\CCCCCCCCC1(CCCCCCCC/C=C\CCCCCCCS)CCC(CCCN(C)C)O1. The van der Waals surface area contributed by atoms with E-state index in [1.54, 1.807) is 0 Å². The van der Waals surface area contributed by atoms with E-state index in [1.807, 2.05) is 13.8 Å². The van der Waals surface area contributed by atoms with Gasteiger partial charge in [-0.3, -0.25) is 0 Å². The summed E-state index contributed by atoms with van der Waals surface area (Å²) in [5.41, 5.74) is 0.195. The van der Waals surface area contributed by atoms with Crippen molar-refractivity contribution >= 4 is 12.6 Å². The number of hydrogen-bond donors (Lipinski definition) is 1. The molecule has 2 nitrogen and oxygen atoms in total. The van der Waals surface area contributed by atoms with Crippen LogP contribution in [0.3, 0.4) is 0 Å². The van der Waals surface area contributed by atoms with Crippen LogP contribution in [0.25, 0.3) is 0 Å². The minimum atomic E-state index is 0.195. The fraction of sp³-hybridized carbons (Fsp3) is 0.913. The first-order valence-corrected chi connectivity index (χ1v) is 23.0. The van der Waals surface area contributed by atoms with E-state index in [9.17, 15) is 0 Å². The smallest absolute Gasteiger partial charge is 0.0687 e. The van der Waals surface area contributed by atoms with E-state index in [0.29, 0.717) is 6.10 Å². The van der Waals surface area contributed by atoms with Gasteiger partial charge in [-0.05, 0) is 123 Å². The summed E-state index contributed by atoms with van der Waals surface area (Å²) in [7, 11) is 4.39. The monoisotopic (exact) mass is 706 g/mol. The number of rotatable bonds is 36. The van der Waals surface area contributed by atoms with Crippen molar-refractivity contribution in [3.63, 3.8) is 0 Å². The van der Waals surface area contributed by atoms with Crippen LogP contribution in [0, 0.1) is 0 Å². The fourth-order valence-corrected chi connectivity index (χ4v) is 7.70. The zero-order valence-electron chi connectivity index (χ0n) is 34.4. The Kier molecular flexibility index (Phi) is 38.8. The number of allylic oxidation sites excluding steroid dienone is 4. The Labute approximate surface area is 316 Å². The van der Waals surface area contributed by atoms with Crippen molar-refractivity contribution in [2.45, 2.75) is 244 Å². The summed E-state index contributed by atoms with van der Waals surface area (Å²) < 4.78 is 6.94. The number of thiol groups is 1. The van der Waals surface area contributed by atoms with Crippen molar-refractivity contribution < 1.29 is 4.74 Å². The minimum absolute atomic E-state index is 0.195. The zero-order valence-corrected chi connectivity index (χ0v) is 35.3. The summed E-state index contributed by atoms with van der Waals surface area (Å²) in [6.07, 6.45) is 55.1. The summed E-state index contributed by atoms with van der Waals surface area (Å²) in [5.74, 6) is 1.05. The molecule has 2 unspecified atom stereocenters.